The minimum absolute atomic E-state index is 0.0574. The molecule has 2 fully saturated rings. The zero-order valence-electron chi connectivity index (χ0n) is 19.5. The molecule has 5 heteroatoms. The molecule has 33 heavy (non-hydrogen) atoms. The second kappa shape index (κ2) is 10.8. The Kier molecular flexibility index (Phi) is 7.79. The van der Waals surface area contributed by atoms with Gasteiger partial charge in [-0.05, 0) is 92.4 Å². The molecule has 2 aromatic rings. The quantitative estimate of drug-likeness (QED) is 0.440. The van der Waals surface area contributed by atoms with Crippen LogP contribution in [0.5, 0.6) is 5.75 Å². The van der Waals surface area contributed by atoms with Gasteiger partial charge in [0.1, 0.15) is 0 Å². The number of halogens is 3. The maximum Gasteiger partial charge on any atom is 0.166 e. The van der Waals surface area contributed by atoms with Crippen LogP contribution in [0, 0.1) is 23.4 Å². The maximum absolute atomic E-state index is 14.8. The van der Waals surface area contributed by atoms with Gasteiger partial charge in [0.15, 0.2) is 23.2 Å². The van der Waals surface area contributed by atoms with E-state index in [0.717, 1.165) is 56.9 Å². The second-order valence-electron chi connectivity index (χ2n) is 9.45. The van der Waals surface area contributed by atoms with Crippen molar-refractivity contribution in [1.29, 1.82) is 0 Å². The number of rotatable bonds is 6. The Morgan fingerprint density at radius 3 is 2.12 bits per heavy atom. The monoisotopic (exact) mass is 458 g/mol. The van der Waals surface area contributed by atoms with Gasteiger partial charge in [-0.1, -0.05) is 30.4 Å². The Labute approximate surface area is 194 Å². The van der Waals surface area contributed by atoms with E-state index in [1.165, 1.54) is 7.11 Å². The largest absolute Gasteiger partial charge is 0.494 e. The average molecular weight is 459 g/mol. The Balaban J connectivity index is 1.36. The van der Waals surface area contributed by atoms with Crippen LogP contribution in [-0.2, 0) is 4.74 Å². The molecule has 0 radical (unpaired) electrons. The van der Waals surface area contributed by atoms with Gasteiger partial charge in [-0.25, -0.2) is 13.2 Å². The summed E-state index contributed by atoms with van der Waals surface area (Å²) in [5.74, 6) is -0.833. The van der Waals surface area contributed by atoms with Crippen molar-refractivity contribution >= 4 is 6.08 Å². The first kappa shape index (κ1) is 23.9. The van der Waals surface area contributed by atoms with E-state index < -0.39 is 11.6 Å². The molecular formula is C28H33F3O2. The molecule has 0 bridgehead atoms. The van der Waals surface area contributed by atoms with Crippen LogP contribution < -0.4 is 4.74 Å². The Morgan fingerprint density at radius 2 is 1.48 bits per heavy atom. The van der Waals surface area contributed by atoms with Crippen molar-refractivity contribution in [3.05, 3.63) is 70.5 Å². The fraction of sp³-hybridized carbons (Fsp3) is 0.500. The molecule has 2 aliphatic carbocycles. The molecule has 2 aromatic carbocycles. The van der Waals surface area contributed by atoms with Gasteiger partial charge in [0, 0.05) is 12.7 Å². The van der Waals surface area contributed by atoms with Crippen LogP contribution in [0.3, 0.4) is 0 Å². The van der Waals surface area contributed by atoms with Gasteiger partial charge in [0.25, 0.3) is 0 Å². The topological polar surface area (TPSA) is 18.5 Å². The van der Waals surface area contributed by atoms with Gasteiger partial charge < -0.3 is 9.47 Å². The predicted octanol–water partition coefficient (Wildman–Crippen LogP) is 7.77. The SMILES string of the molecule is COc1ccc(C2CCC(/C=C/c3ccc(C4CCC(OC)CC4)c(F)c3F)CC2)cc1F. The maximum atomic E-state index is 14.8. The van der Waals surface area contributed by atoms with E-state index in [-0.39, 0.29) is 23.6 Å². The lowest BCUT2D eigenvalue weighted by atomic mass is 9.78. The fourth-order valence-corrected chi connectivity index (χ4v) is 5.45. The standard InChI is InChI=1S/C28H33F3O2/c1-32-23-13-9-20(10-14-23)24-15-11-21(27(30)28(24)31)8-5-18-3-6-19(7-4-18)22-12-16-26(33-2)25(29)17-22/h5,8,11-12,15-20,23H,3-4,6-7,9-10,13-14H2,1-2H3/b8-5+. The van der Waals surface area contributed by atoms with Gasteiger partial charge in [-0.2, -0.15) is 0 Å². The minimum atomic E-state index is -0.750. The van der Waals surface area contributed by atoms with E-state index in [0.29, 0.717) is 23.0 Å². The molecule has 0 saturated heterocycles. The zero-order valence-corrected chi connectivity index (χ0v) is 19.5. The van der Waals surface area contributed by atoms with E-state index in [2.05, 4.69) is 0 Å². The van der Waals surface area contributed by atoms with Crippen molar-refractivity contribution in [1.82, 2.24) is 0 Å². The molecule has 0 heterocycles. The van der Waals surface area contributed by atoms with Gasteiger partial charge in [-0.3, -0.25) is 0 Å². The van der Waals surface area contributed by atoms with Crippen molar-refractivity contribution in [2.45, 2.75) is 69.3 Å². The highest BCUT2D eigenvalue weighted by molar-refractivity contribution is 5.52. The number of benzene rings is 2. The molecule has 0 atom stereocenters. The Hall–Kier alpha value is -2.27. The molecular weight excluding hydrogens is 425 g/mol. The number of methoxy groups -OCH3 is 2. The number of hydrogen-bond acceptors (Lipinski definition) is 2. The van der Waals surface area contributed by atoms with Gasteiger partial charge in [0.05, 0.1) is 13.2 Å². The molecule has 2 aliphatic rings. The molecule has 178 valence electrons. The lowest BCUT2D eigenvalue weighted by molar-refractivity contribution is 0.0655. The van der Waals surface area contributed by atoms with Crippen LogP contribution in [-0.4, -0.2) is 20.3 Å². The van der Waals surface area contributed by atoms with Crippen molar-refractivity contribution in [3.8, 4) is 5.75 Å². The van der Waals surface area contributed by atoms with Crippen molar-refractivity contribution in [2.24, 2.45) is 5.92 Å². The third-order valence-corrected chi connectivity index (χ3v) is 7.56. The summed E-state index contributed by atoms with van der Waals surface area (Å²) in [4.78, 5) is 0. The average Bonchev–Trinajstić information content (AvgIpc) is 2.85. The van der Waals surface area contributed by atoms with Crippen molar-refractivity contribution in [3.63, 3.8) is 0 Å². The van der Waals surface area contributed by atoms with Gasteiger partial charge >= 0.3 is 0 Å². The summed E-state index contributed by atoms with van der Waals surface area (Å²) in [7, 11) is 3.17. The molecule has 0 unspecified atom stereocenters. The fourth-order valence-electron chi connectivity index (χ4n) is 5.45. The molecule has 4 rings (SSSR count). The summed E-state index contributed by atoms with van der Waals surface area (Å²) < 4.78 is 54.1. The summed E-state index contributed by atoms with van der Waals surface area (Å²) in [5.41, 5.74) is 1.80. The molecule has 0 spiro atoms. The van der Waals surface area contributed by atoms with Crippen molar-refractivity contribution in [2.75, 3.05) is 14.2 Å². The lowest BCUT2D eigenvalue weighted by Crippen LogP contribution is -2.20. The highest BCUT2D eigenvalue weighted by atomic mass is 19.2. The lowest BCUT2D eigenvalue weighted by Gasteiger charge is -2.28. The van der Waals surface area contributed by atoms with Crippen LogP contribution in [0.2, 0.25) is 0 Å². The highest BCUT2D eigenvalue weighted by Crippen LogP contribution is 2.39. The first-order valence-corrected chi connectivity index (χ1v) is 12.0. The number of hydrogen-bond donors (Lipinski definition) is 0. The summed E-state index contributed by atoms with van der Waals surface area (Å²) in [6.07, 6.45) is 11.2. The van der Waals surface area contributed by atoms with Crippen LogP contribution in [0.1, 0.15) is 79.9 Å². The molecule has 0 N–H and O–H groups in total. The first-order chi connectivity index (χ1) is 16.0. The number of ether oxygens (including phenoxy) is 2. The minimum Gasteiger partial charge on any atom is -0.494 e. The van der Waals surface area contributed by atoms with Crippen molar-refractivity contribution < 1.29 is 22.6 Å². The van der Waals surface area contributed by atoms with E-state index in [4.69, 9.17) is 9.47 Å². The number of allylic oxidation sites excluding steroid dienone is 1. The van der Waals surface area contributed by atoms with Gasteiger partial charge in [-0.15, -0.1) is 0 Å². The van der Waals surface area contributed by atoms with Crippen LogP contribution >= 0.6 is 0 Å². The van der Waals surface area contributed by atoms with E-state index >= 15 is 0 Å². The predicted molar refractivity (Wildman–Crippen MR) is 125 cm³/mol. The smallest absolute Gasteiger partial charge is 0.166 e. The summed E-state index contributed by atoms with van der Waals surface area (Å²) in [6, 6.07) is 8.65. The van der Waals surface area contributed by atoms with E-state index in [9.17, 15) is 13.2 Å². The summed E-state index contributed by atoms with van der Waals surface area (Å²) in [5, 5.41) is 0. The molecule has 2 saturated carbocycles. The molecule has 2 nitrogen and oxygen atoms in total. The van der Waals surface area contributed by atoms with Crippen LogP contribution in [0.15, 0.2) is 36.4 Å². The third-order valence-electron chi connectivity index (χ3n) is 7.56. The first-order valence-electron chi connectivity index (χ1n) is 12.0. The third kappa shape index (κ3) is 5.46. The van der Waals surface area contributed by atoms with Crippen LogP contribution in [0.4, 0.5) is 13.2 Å². The van der Waals surface area contributed by atoms with Gasteiger partial charge in [0.2, 0.25) is 0 Å². The zero-order chi connectivity index (χ0) is 23.4. The molecule has 0 aliphatic heterocycles. The van der Waals surface area contributed by atoms with Crippen LogP contribution in [0.25, 0.3) is 6.08 Å². The molecule has 0 amide bonds. The summed E-state index contributed by atoms with van der Waals surface area (Å²) >= 11 is 0. The second-order valence-corrected chi connectivity index (χ2v) is 9.45. The van der Waals surface area contributed by atoms with E-state index in [1.807, 2.05) is 12.1 Å². The van der Waals surface area contributed by atoms with E-state index in [1.54, 1.807) is 37.5 Å². The molecule has 0 aromatic heterocycles. The Bertz CT molecular complexity index is 971. The Morgan fingerprint density at radius 1 is 0.788 bits per heavy atom. The highest BCUT2D eigenvalue weighted by Gasteiger charge is 2.26. The normalized spacial score (nSPS) is 26.0. The summed E-state index contributed by atoms with van der Waals surface area (Å²) in [6.45, 7) is 0.